The van der Waals surface area contributed by atoms with E-state index in [0.29, 0.717) is 16.8 Å². The second kappa shape index (κ2) is 5.22. The van der Waals surface area contributed by atoms with Crippen LogP contribution >= 0.6 is 0 Å². The average Bonchev–Trinajstić information content (AvgIpc) is 2.84. The summed E-state index contributed by atoms with van der Waals surface area (Å²) in [5, 5.41) is 0. The highest BCUT2D eigenvalue weighted by Crippen LogP contribution is 2.39. The SMILES string of the molecule is CCC1(CC)CCN(c2nccc(CN)c2F)C1. The zero-order chi connectivity index (χ0) is 13.2. The van der Waals surface area contributed by atoms with Gasteiger partial charge in [-0.3, -0.25) is 0 Å². The van der Waals surface area contributed by atoms with Gasteiger partial charge in [0.1, 0.15) is 0 Å². The molecule has 1 aromatic heterocycles. The van der Waals surface area contributed by atoms with Crippen molar-refractivity contribution in [1.82, 2.24) is 4.98 Å². The van der Waals surface area contributed by atoms with E-state index in [1.54, 1.807) is 12.3 Å². The van der Waals surface area contributed by atoms with Crippen LogP contribution in [0, 0.1) is 11.2 Å². The molecule has 2 N–H and O–H groups in total. The van der Waals surface area contributed by atoms with E-state index in [1.165, 1.54) is 0 Å². The number of pyridine rings is 1. The standard InChI is InChI=1S/C14H22FN3/c1-3-14(4-2)6-8-18(10-14)13-12(15)11(9-16)5-7-17-13/h5,7H,3-4,6,8-10,16H2,1-2H3. The topological polar surface area (TPSA) is 42.2 Å². The molecule has 0 spiro atoms. The number of nitrogens with two attached hydrogens (primary N) is 1. The van der Waals surface area contributed by atoms with E-state index in [9.17, 15) is 4.39 Å². The van der Waals surface area contributed by atoms with Gasteiger partial charge in [-0.2, -0.15) is 0 Å². The number of anilines is 1. The summed E-state index contributed by atoms with van der Waals surface area (Å²) >= 11 is 0. The van der Waals surface area contributed by atoms with E-state index in [1.807, 2.05) is 0 Å². The molecule has 1 aliphatic rings. The Kier molecular flexibility index (Phi) is 3.85. The fourth-order valence-electron chi connectivity index (χ4n) is 2.79. The van der Waals surface area contributed by atoms with Crippen LogP contribution in [0.3, 0.4) is 0 Å². The molecular formula is C14H22FN3. The van der Waals surface area contributed by atoms with Crippen molar-refractivity contribution in [3.8, 4) is 0 Å². The van der Waals surface area contributed by atoms with Gasteiger partial charge in [-0.15, -0.1) is 0 Å². The zero-order valence-corrected chi connectivity index (χ0v) is 11.2. The first-order valence-electron chi connectivity index (χ1n) is 6.74. The van der Waals surface area contributed by atoms with Crippen LogP contribution < -0.4 is 10.6 Å². The quantitative estimate of drug-likeness (QED) is 0.894. The molecule has 0 aliphatic carbocycles. The molecule has 0 unspecified atom stereocenters. The molecule has 1 saturated heterocycles. The largest absolute Gasteiger partial charge is 0.354 e. The molecule has 2 rings (SSSR count). The third kappa shape index (κ3) is 2.21. The average molecular weight is 251 g/mol. The Morgan fingerprint density at radius 1 is 1.44 bits per heavy atom. The lowest BCUT2D eigenvalue weighted by Gasteiger charge is -2.27. The van der Waals surface area contributed by atoms with Gasteiger partial charge < -0.3 is 10.6 Å². The van der Waals surface area contributed by atoms with Gasteiger partial charge in [0.05, 0.1) is 0 Å². The second-order valence-corrected chi connectivity index (χ2v) is 5.19. The third-order valence-electron chi connectivity index (χ3n) is 4.41. The Hall–Kier alpha value is -1.16. The van der Waals surface area contributed by atoms with Gasteiger partial charge in [0.25, 0.3) is 0 Å². The third-order valence-corrected chi connectivity index (χ3v) is 4.41. The Bertz CT molecular complexity index is 416. The molecule has 1 aromatic rings. The molecule has 0 amide bonds. The Balaban J connectivity index is 2.24. The lowest BCUT2D eigenvalue weighted by atomic mass is 9.82. The number of hydrogen-bond donors (Lipinski definition) is 1. The van der Waals surface area contributed by atoms with Crippen LogP contribution in [-0.2, 0) is 6.54 Å². The summed E-state index contributed by atoms with van der Waals surface area (Å²) in [5.74, 6) is 0.227. The maximum Gasteiger partial charge on any atom is 0.170 e. The van der Waals surface area contributed by atoms with Crippen molar-refractivity contribution < 1.29 is 4.39 Å². The van der Waals surface area contributed by atoms with E-state index >= 15 is 0 Å². The zero-order valence-electron chi connectivity index (χ0n) is 11.2. The van der Waals surface area contributed by atoms with Crippen LogP contribution in [0.4, 0.5) is 10.2 Å². The fraction of sp³-hybridized carbons (Fsp3) is 0.643. The minimum Gasteiger partial charge on any atom is -0.354 e. The molecule has 1 aliphatic heterocycles. The van der Waals surface area contributed by atoms with Gasteiger partial charge in [0, 0.05) is 31.4 Å². The molecule has 3 nitrogen and oxygen atoms in total. The number of nitrogens with zero attached hydrogens (tertiary/aromatic N) is 2. The molecule has 18 heavy (non-hydrogen) atoms. The maximum atomic E-state index is 14.2. The van der Waals surface area contributed by atoms with Crippen LogP contribution in [0.2, 0.25) is 0 Å². The van der Waals surface area contributed by atoms with Gasteiger partial charge in [-0.25, -0.2) is 9.37 Å². The highest BCUT2D eigenvalue weighted by Gasteiger charge is 2.36. The van der Waals surface area contributed by atoms with E-state index in [-0.39, 0.29) is 12.4 Å². The van der Waals surface area contributed by atoms with Gasteiger partial charge in [0.2, 0.25) is 0 Å². The minimum atomic E-state index is -0.247. The lowest BCUT2D eigenvalue weighted by molar-refractivity contribution is 0.301. The molecule has 0 radical (unpaired) electrons. The van der Waals surface area contributed by atoms with Crippen molar-refractivity contribution in [2.45, 2.75) is 39.7 Å². The Morgan fingerprint density at radius 3 is 2.72 bits per heavy atom. The van der Waals surface area contributed by atoms with Gasteiger partial charge in [-0.1, -0.05) is 13.8 Å². The summed E-state index contributed by atoms with van der Waals surface area (Å²) < 4.78 is 14.2. The molecule has 2 heterocycles. The summed E-state index contributed by atoms with van der Waals surface area (Å²) in [6.07, 6.45) is 5.04. The van der Waals surface area contributed by atoms with E-state index in [2.05, 4.69) is 23.7 Å². The van der Waals surface area contributed by atoms with Crippen molar-refractivity contribution in [2.75, 3.05) is 18.0 Å². The van der Waals surface area contributed by atoms with Crippen molar-refractivity contribution in [1.29, 1.82) is 0 Å². The van der Waals surface area contributed by atoms with Crippen molar-refractivity contribution in [3.63, 3.8) is 0 Å². The molecule has 1 fully saturated rings. The summed E-state index contributed by atoms with van der Waals surface area (Å²) in [5.41, 5.74) is 6.41. The predicted molar refractivity (Wildman–Crippen MR) is 71.9 cm³/mol. The first kappa shape index (κ1) is 13.3. The van der Waals surface area contributed by atoms with Crippen LogP contribution in [0.15, 0.2) is 12.3 Å². The molecule has 0 aromatic carbocycles. The monoisotopic (exact) mass is 251 g/mol. The smallest absolute Gasteiger partial charge is 0.170 e. The molecule has 0 saturated carbocycles. The summed E-state index contributed by atoms with van der Waals surface area (Å²) in [6, 6.07) is 1.65. The highest BCUT2D eigenvalue weighted by atomic mass is 19.1. The number of hydrogen-bond acceptors (Lipinski definition) is 3. The summed E-state index contributed by atoms with van der Waals surface area (Å²) in [7, 11) is 0. The highest BCUT2D eigenvalue weighted by molar-refractivity contribution is 5.44. The predicted octanol–water partition coefficient (Wildman–Crippen LogP) is 2.70. The van der Waals surface area contributed by atoms with Gasteiger partial charge in [-0.05, 0) is 30.7 Å². The number of rotatable bonds is 4. The molecule has 4 heteroatoms. The first-order valence-corrected chi connectivity index (χ1v) is 6.74. The normalized spacial score (nSPS) is 18.3. The molecule has 100 valence electrons. The fourth-order valence-corrected chi connectivity index (χ4v) is 2.79. The number of halogens is 1. The van der Waals surface area contributed by atoms with Crippen LogP contribution in [0.5, 0.6) is 0 Å². The first-order chi connectivity index (χ1) is 8.65. The lowest BCUT2D eigenvalue weighted by Crippen LogP contribution is -2.27. The van der Waals surface area contributed by atoms with E-state index in [0.717, 1.165) is 32.4 Å². The van der Waals surface area contributed by atoms with Crippen molar-refractivity contribution >= 4 is 5.82 Å². The van der Waals surface area contributed by atoms with E-state index < -0.39 is 0 Å². The van der Waals surface area contributed by atoms with Gasteiger partial charge in [0.15, 0.2) is 11.6 Å². The van der Waals surface area contributed by atoms with Crippen LogP contribution in [0.25, 0.3) is 0 Å². The molecule has 0 bridgehead atoms. The minimum absolute atomic E-state index is 0.224. The van der Waals surface area contributed by atoms with Gasteiger partial charge >= 0.3 is 0 Å². The van der Waals surface area contributed by atoms with Crippen molar-refractivity contribution in [3.05, 3.63) is 23.6 Å². The second-order valence-electron chi connectivity index (χ2n) is 5.19. The van der Waals surface area contributed by atoms with Crippen LogP contribution in [-0.4, -0.2) is 18.1 Å². The molecular weight excluding hydrogens is 229 g/mol. The van der Waals surface area contributed by atoms with Crippen molar-refractivity contribution in [2.24, 2.45) is 11.1 Å². The number of aromatic nitrogens is 1. The maximum absolute atomic E-state index is 14.2. The molecule has 0 atom stereocenters. The summed E-state index contributed by atoms with van der Waals surface area (Å²) in [6.45, 7) is 6.44. The summed E-state index contributed by atoms with van der Waals surface area (Å²) in [4.78, 5) is 6.27. The van der Waals surface area contributed by atoms with Crippen LogP contribution in [0.1, 0.15) is 38.7 Å². The Morgan fingerprint density at radius 2 is 2.17 bits per heavy atom. The Labute approximate surface area is 108 Å². The van der Waals surface area contributed by atoms with E-state index in [4.69, 9.17) is 5.73 Å².